The molecule has 0 aromatic heterocycles. The van der Waals surface area contributed by atoms with Crippen molar-refractivity contribution in [3.63, 3.8) is 0 Å². The van der Waals surface area contributed by atoms with Crippen LogP contribution in [0, 0.1) is 23.3 Å². The number of unbranched alkanes of at least 4 members (excludes halogenated alkanes) is 27. The molecule has 6 heteroatoms. The first-order valence-electron chi connectivity index (χ1n) is 27.7. The number of nitrogens with zero attached hydrogens (tertiary/aromatic N) is 1. The summed E-state index contributed by atoms with van der Waals surface area (Å²) in [6.07, 6.45) is 41.8. The SMILES string of the molecule is CCCCCCCCCCCC[N+](C)(CCCCCCCCCCCC)CCCCCCCCCCCC.Fc1ccc([B-](c2ccc(F)cc2)(c2ccc(F)cc2)c2ccc(F)cc2)cc1. The molecule has 1 nitrogen and oxygen atoms in total. The van der Waals surface area contributed by atoms with Crippen LogP contribution in [-0.2, 0) is 0 Å². The van der Waals surface area contributed by atoms with Gasteiger partial charge in [0.15, 0.2) is 0 Å². The molecule has 0 unspecified atom stereocenters. The van der Waals surface area contributed by atoms with E-state index in [-0.39, 0.29) is 0 Å². The summed E-state index contributed by atoms with van der Waals surface area (Å²) >= 11 is 0. The fourth-order valence-corrected chi connectivity index (χ4v) is 10.4. The number of quaternary nitrogens is 1. The standard InChI is InChI=1S/C37H78N.C24H16BF4/c1-5-8-11-14-17-20-23-26-29-32-35-38(4,36-33-30-27-24-21-18-15-12-9-6-2)37-34-31-28-25-22-19-16-13-10-7-3;26-21-9-1-17(2-10-21)25(18-3-11-22(27)12-4-18,19-5-13-23(28)14-6-19)20-7-15-24(29)16-8-20/h5-37H2,1-4H3;1-16H/q+1;-1. The van der Waals surface area contributed by atoms with Crippen LogP contribution in [0.3, 0.4) is 0 Å². The lowest BCUT2D eigenvalue weighted by Gasteiger charge is -2.44. The molecule has 4 aromatic carbocycles. The molecule has 0 fully saturated rings. The van der Waals surface area contributed by atoms with Gasteiger partial charge in [-0.05, 0) is 87.1 Å². The zero-order valence-electron chi connectivity index (χ0n) is 43.1. The van der Waals surface area contributed by atoms with Crippen LogP contribution < -0.4 is 21.9 Å². The van der Waals surface area contributed by atoms with Crippen LogP contribution in [0.4, 0.5) is 17.6 Å². The third kappa shape index (κ3) is 23.2. The Labute approximate surface area is 408 Å². The summed E-state index contributed by atoms with van der Waals surface area (Å²) in [4.78, 5) is 0. The Bertz CT molecular complexity index is 1510. The van der Waals surface area contributed by atoms with E-state index in [4.69, 9.17) is 0 Å². The van der Waals surface area contributed by atoms with Gasteiger partial charge in [-0.3, -0.25) is 0 Å². The van der Waals surface area contributed by atoms with Gasteiger partial charge in [0.1, 0.15) is 29.4 Å². The van der Waals surface area contributed by atoms with Gasteiger partial charge in [-0.15, -0.1) is 0 Å². The smallest absolute Gasteiger partial charge is 0.122 e. The fourth-order valence-electron chi connectivity index (χ4n) is 10.4. The normalized spacial score (nSPS) is 11.8. The summed E-state index contributed by atoms with van der Waals surface area (Å²) in [5.41, 5.74) is 2.99. The highest BCUT2D eigenvalue weighted by Gasteiger charge is 2.32. The Morgan fingerprint density at radius 1 is 0.269 bits per heavy atom. The van der Waals surface area contributed by atoms with Crippen LogP contribution >= 0.6 is 0 Å². The summed E-state index contributed by atoms with van der Waals surface area (Å²) in [6.45, 7) is 11.3. The van der Waals surface area contributed by atoms with Crippen LogP contribution in [0.25, 0.3) is 0 Å². The molecule has 0 N–H and O–H groups in total. The molecule has 4 rings (SSSR count). The Morgan fingerprint density at radius 2 is 0.433 bits per heavy atom. The molecule has 374 valence electrons. The van der Waals surface area contributed by atoms with Gasteiger partial charge >= 0.3 is 0 Å². The lowest BCUT2D eigenvalue weighted by molar-refractivity contribution is -0.910. The second-order valence-electron chi connectivity index (χ2n) is 20.4. The van der Waals surface area contributed by atoms with E-state index in [1.54, 1.807) is 48.5 Å². The van der Waals surface area contributed by atoms with E-state index >= 15 is 0 Å². The molecular formula is C61H94BF4N. The van der Waals surface area contributed by atoms with Crippen LogP contribution in [-0.4, -0.2) is 37.3 Å². The topological polar surface area (TPSA) is 0 Å². The van der Waals surface area contributed by atoms with Crippen LogP contribution in [0.15, 0.2) is 97.1 Å². The zero-order chi connectivity index (χ0) is 48.3. The molecule has 0 radical (unpaired) electrons. The molecule has 4 aromatic rings. The van der Waals surface area contributed by atoms with E-state index in [1.165, 1.54) is 265 Å². The van der Waals surface area contributed by atoms with Crippen molar-refractivity contribution in [2.24, 2.45) is 0 Å². The van der Waals surface area contributed by atoms with Crippen molar-refractivity contribution in [3.8, 4) is 0 Å². The van der Waals surface area contributed by atoms with Gasteiger partial charge in [0.05, 0.1) is 26.7 Å². The summed E-state index contributed by atoms with van der Waals surface area (Å²) in [7, 11) is 2.61. The predicted molar refractivity (Wildman–Crippen MR) is 286 cm³/mol. The van der Waals surface area contributed by atoms with Crippen molar-refractivity contribution in [1.82, 2.24) is 0 Å². The van der Waals surface area contributed by atoms with Gasteiger partial charge in [0, 0.05) is 0 Å². The van der Waals surface area contributed by atoms with Gasteiger partial charge in [-0.25, -0.2) is 17.6 Å². The van der Waals surface area contributed by atoms with E-state index in [0.717, 1.165) is 21.9 Å². The largest absolute Gasteiger partial charge is 0.326 e. The van der Waals surface area contributed by atoms with E-state index in [2.05, 4.69) is 27.8 Å². The molecule has 0 bridgehead atoms. The third-order valence-corrected chi connectivity index (χ3v) is 14.6. The molecular weight excluding hydrogens is 833 g/mol. The van der Waals surface area contributed by atoms with Crippen molar-refractivity contribution in [2.45, 2.75) is 213 Å². The summed E-state index contributed by atoms with van der Waals surface area (Å²) in [6, 6.07) is 24.1. The average Bonchev–Trinajstić information content (AvgIpc) is 3.33. The lowest BCUT2D eigenvalue weighted by Crippen LogP contribution is -2.74. The summed E-state index contributed by atoms with van der Waals surface area (Å²) in [5.74, 6) is -1.57. The highest BCUT2D eigenvalue weighted by Crippen LogP contribution is 2.19. The lowest BCUT2D eigenvalue weighted by atomic mass is 9.13. The van der Waals surface area contributed by atoms with Crippen LogP contribution in [0.2, 0.25) is 0 Å². The van der Waals surface area contributed by atoms with Crippen molar-refractivity contribution < 1.29 is 22.0 Å². The fraction of sp³-hybridized carbons (Fsp3) is 0.607. The monoisotopic (exact) mass is 928 g/mol. The van der Waals surface area contributed by atoms with Gasteiger partial charge in [-0.2, -0.15) is 21.9 Å². The number of benzene rings is 4. The molecule has 0 aliphatic rings. The number of halogens is 4. The highest BCUT2D eigenvalue weighted by molar-refractivity contribution is 7.19. The molecule has 0 amide bonds. The molecule has 0 saturated heterocycles. The number of hydrogen-bond donors (Lipinski definition) is 0. The Balaban J connectivity index is 0.000000365. The van der Waals surface area contributed by atoms with Crippen molar-refractivity contribution >= 4 is 28.0 Å². The quantitative estimate of drug-likeness (QED) is 0.0183. The first kappa shape index (κ1) is 57.9. The minimum atomic E-state index is -1.94. The maximum absolute atomic E-state index is 13.7. The van der Waals surface area contributed by atoms with Crippen molar-refractivity contribution in [3.05, 3.63) is 120 Å². The van der Waals surface area contributed by atoms with E-state index in [9.17, 15) is 17.6 Å². The minimum Gasteiger partial charge on any atom is -0.326 e. The highest BCUT2D eigenvalue weighted by atomic mass is 19.1. The third-order valence-electron chi connectivity index (χ3n) is 14.6. The van der Waals surface area contributed by atoms with Gasteiger partial charge in [-0.1, -0.05) is 223 Å². The Kier molecular flexibility index (Phi) is 30.9. The van der Waals surface area contributed by atoms with E-state index in [1.807, 2.05) is 0 Å². The molecule has 0 aliphatic carbocycles. The first-order valence-corrected chi connectivity index (χ1v) is 27.7. The van der Waals surface area contributed by atoms with Gasteiger partial charge in [0.25, 0.3) is 0 Å². The Hall–Kier alpha value is -3.38. The number of rotatable bonds is 37. The zero-order valence-corrected chi connectivity index (χ0v) is 43.1. The molecule has 0 heterocycles. The van der Waals surface area contributed by atoms with Crippen molar-refractivity contribution in [1.29, 1.82) is 0 Å². The predicted octanol–water partition coefficient (Wildman–Crippen LogP) is 16.8. The molecule has 0 aliphatic heterocycles. The first-order chi connectivity index (χ1) is 32.7. The minimum absolute atomic E-state index is 0.393. The Morgan fingerprint density at radius 3 is 0.612 bits per heavy atom. The molecule has 0 atom stereocenters. The summed E-state index contributed by atoms with van der Waals surface area (Å²) in [5, 5.41) is 0. The van der Waals surface area contributed by atoms with Crippen LogP contribution in [0.1, 0.15) is 213 Å². The van der Waals surface area contributed by atoms with Gasteiger partial charge in [0.2, 0.25) is 0 Å². The molecule has 0 saturated carbocycles. The maximum Gasteiger partial charge on any atom is 0.122 e. The maximum atomic E-state index is 13.7. The second kappa shape index (κ2) is 35.7. The van der Waals surface area contributed by atoms with E-state index < -0.39 is 29.4 Å². The average molecular weight is 928 g/mol. The van der Waals surface area contributed by atoms with Crippen LogP contribution in [0.5, 0.6) is 0 Å². The molecule has 0 spiro atoms. The van der Waals surface area contributed by atoms with Crippen molar-refractivity contribution in [2.75, 3.05) is 26.7 Å². The summed E-state index contributed by atoms with van der Waals surface area (Å²) < 4.78 is 56.2. The number of hydrogen-bond acceptors (Lipinski definition) is 0. The van der Waals surface area contributed by atoms with Gasteiger partial charge < -0.3 is 4.48 Å². The molecule has 67 heavy (non-hydrogen) atoms. The second-order valence-corrected chi connectivity index (χ2v) is 20.4. The van der Waals surface area contributed by atoms with E-state index in [0.29, 0.717) is 0 Å².